The van der Waals surface area contributed by atoms with Crippen LogP contribution in [0.4, 0.5) is 0 Å². The highest BCUT2D eigenvalue weighted by molar-refractivity contribution is 5.98. The standard InChI is InChI=1S/C16H19NO5/c1-3-21-6-7-22-16(19)10-17-9-12(11-18)14-8-13(20-2)4-5-15(14)17/h4-5,8-9,11H,3,6-7,10H2,1-2H3. The van der Waals surface area contributed by atoms with Gasteiger partial charge in [0.1, 0.15) is 18.9 Å². The third kappa shape index (κ3) is 3.65. The number of carbonyl (C=O) groups is 2. The number of aldehydes is 1. The first kappa shape index (κ1) is 16.0. The van der Waals surface area contributed by atoms with Crippen LogP contribution < -0.4 is 4.74 Å². The zero-order valence-corrected chi connectivity index (χ0v) is 12.7. The molecular formula is C16H19NO5. The highest BCUT2D eigenvalue weighted by Crippen LogP contribution is 2.25. The molecule has 6 nitrogen and oxygen atoms in total. The summed E-state index contributed by atoms with van der Waals surface area (Å²) in [5.74, 6) is 0.289. The maximum absolute atomic E-state index is 11.8. The molecule has 1 heterocycles. The van der Waals surface area contributed by atoms with E-state index in [1.165, 1.54) is 0 Å². The highest BCUT2D eigenvalue weighted by Gasteiger charge is 2.12. The summed E-state index contributed by atoms with van der Waals surface area (Å²) in [6.07, 6.45) is 2.40. The van der Waals surface area contributed by atoms with Crippen LogP contribution >= 0.6 is 0 Å². The molecule has 0 fully saturated rings. The molecule has 2 rings (SSSR count). The minimum Gasteiger partial charge on any atom is -0.497 e. The summed E-state index contributed by atoms with van der Waals surface area (Å²) in [4.78, 5) is 23.0. The minimum atomic E-state index is -0.370. The van der Waals surface area contributed by atoms with Crippen molar-refractivity contribution in [3.05, 3.63) is 30.0 Å². The van der Waals surface area contributed by atoms with Crippen molar-refractivity contribution in [1.82, 2.24) is 4.57 Å². The maximum atomic E-state index is 11.8. The number of rotatable bonds is 8. The number of nitrogens with zero attached hydrogens (tertiary/aromatic N) is 1. The van der Waals surface area contributed by atoms with Gasteiger partial charge in [-0.2, -0.15) is 0 Å². The zero-order chi connectivity index (χ0) is 15.9. The van der Waals surface area contributed by atoms with E-state index < -0.39 is 0 Å². The van der Waals surface area contributed by atoms with Gasteiger partial charge in [0, 0.05) is 29.3 Å². The van der Waals surface area contributed by atoms with Gasteiger partial charge in [0.25, 0.3) is 0 Å². The van der Waals surface area contributed by atoms with Crippen LogP contribution in [0, 0.1) is 0 Å². The second-order valence-electron chi connectivity index (χ2n) is 4.63. The highest BCUT2D eigenvalue weighted by atomic mass is 16.6. The van der Waals surface area contributed by atoms with Crippen molar-refractivity contribution >= 4 is 23.2 Å². The van der Waals surface area contributed by atoms with Crippen LogP contribution in [0.3, 0.4) is 0 Å². The smallest absolute Gasteiger partial charge is 0.326 e. The Morgan fingerprint density at radius 3 is 2.82 bits per heavy atom. The summed E-state index contributed by atoms with van der Waals surface area (Å²) in [5, 5.41) is 0.747. The van der Waals surface area contributed by atoms with Crippen LogP contribution in [0.2, 0.25) is 0 Å². The molecule has 0 radical (unpaired) electrons. The van der Waals surface area contributed by atoms with Gasteiger partial charge in [0.15, 0.2) is 6.29 Å². The average molecular weight is 305 g/mol. The minimum absolute atomic E-state index is 0.0444. The number of esters is 1. The molecule has 0 atom stereocenters. The lowest BCUT2D eigenvalue weighted by molar-refractivity contribution is -0.145. The summed E-state index contributed by atoms with van der Waals surface area (Å²) < 4.78 is 17.0. The Kier molecular flexibility index (Phi) is 5.55. The third-order valence-electron chi connectivity index (χ3n) is 3.24. The lowest BCUT2D eigenvalue weighted by Gasteiger charge is -2.07. The molecule has 0 N–H and O–H groups in total. The molecule has 0 aliphatic carbocycles. The number of fused-ring (bicyclic) bond motifs is 1. The van der Waals surface area contributed by atoms with E-state index in [9.17, 15) is 9.59 Å². The maximum Gasteiger partial charge on any atom is 0.326 e. The number of ether oxygens (including phenoxy) is 3. The number of aromatic nitrogens is 1. The van der Waals surface area contributed by atoms with E-state index in [4.69, 9.17) is 14.2 Å². The SMILES string of the molecule is CCOCCOC(=O)Cn1cc(C=O)c2cc(OC)ccc21. The molecular weight excluding hydrogens is 286 g/mol. The van der Waals surface area contributed by atoms with E-state index in [2.05, 4.69) is 0 Å². The van der Waals surface area contributed by atoms with Crippen LogP contribution in [0.5, 0.6) is 5.75 Å². The lowest BCUT2D eigenvalue weighted by Crippen LogP contribution is -2.16. The van der Waals surface area contributed by atoms with Gasteiger partial charge >= 0.3 is 5.97 Å². The number of hydrogen-bond donors (Lipinski definition) is 0. The van der Waals surface area contributed by atoms with Crippen molar-refractivity contribution < 1.29 is 23.8 Å². The Balaban J connectivity index is 2.14. The summed E-state index contributed by atoms with van der Waals surface area (Å²) in [6.45, 7) is 3.11. The van der Waals surface area contributed by atoms with E-state index in [1.807, 2.05) is 13.0 Å². The zero-order valence-electron chi connectivity index (χ0n) is 12.7. The average Bonchev–Trinajstić information content (AvgIpc) is 2.88. The van der Waals surface area contributed by atoms with Crippen molar-refractivity contribution in [2.45, 2.75) is 13.5 Å². The largest absolute Gasteiger partial charge is 0.497 e. The van der Waals surface area contributed by atoms with E-state index in [1.54, 1.807) is 30.0 Å². The predicted octanol–water partition coefficient (Wildman–Crippen LogP) is 2.04. The number of methoxy groups -OCH3 is 1. The van der Waals surface area contributed by atoms with Gasteiger partial charge in [-0.25, -0.2) is 0 Å². The fourth-order valence-corrected chi connectivity index (χ4v) is 2.20. The van der Waals surface area contributed by atoms with Crippen molar-refractivity contribution in [3.8, 4) is 5.75 Å². The molecule has 0 unspecified atom stereocenters. The molecule has 0 saturated heterocycles. The number of benzene rings is 1. The van der Waals surface area contributed by atoms with Crippen molar-refractivity contribution in [2.24, 2.45) is 0 Å². The van der Waals surface area contributed by atoms with Crippen molar-refractivity contribution in [1.29, 1.82) is 0 Å². The second kappa shape index (κ2) is 7.61. The molecule has 2 aromatic rings. The van der Waals surface area contributed by atoms with E-state index >= 15 is 0 Å². The number of carbonyl (C=O) groups excluding carboxylic acids is 2. The molecule has 1 aromatic carbocycles. The lowest BCUT2D eigenvalue weighted by atomic mass is 10.2. The molecule has 6 heteroatoms. The van der Waals surface area contributed by atoms with Gasteiger partial charge in [-0.05, 0) is 25.1 Å². The Bertz CT molecular complexity index is 662. The molecule has 118 valence electrons. The van der Waals surface area contributed by atoms with Crippen LogP contribution in [-0.4, -0.2) is 43.8 Å². The quantitative estimate of drug-likeness (QED) is 0.424. The monoisotopic (exact) mass is 305 g/mol. The molecule has 0 aliphatic heterocycles. The molecule has 0 aliphatic rings. The summed E-state index contributed by atoms with van der Waals surface area (Å²) in [7, 11) is 1.56. The Hall–Kier alpha value is -2.34. The van der Waals surface area contributed by atoms with Crippen LogP contribution in [0.1, 0.15) is 17.3 Å². The topological polar surface area (TPSA) is 66.8 Å². The fraction of sp³-hybridized carbons (Fsp3) is 0.375. The van der Waals surface area contributed by atoms with Gasteiger partial charge < -0.3 is 18.8 Å². The molecule has 0 saturated carbocycles. The molecule has 0 amide bonds. The Morgan fingerprint density at radius 1 is 1.32 bits per heavy atom. The summed E-state index contributed by atoms with van der Waals surface area (Å²) >= 11 is 0. The molecule has 0 spiro atoms. The van der Waals surface area contributed by atoms with E-state index in [0.717, 1.165) is 17.2 Å². The van der Waals surface area contributed by atoms with E-state index in [0.29, 0.717) is 24.5 Å². The summed E-state index contributed by atoms with van der Waals surface area (Å²) in [5.41, 5.74) is 1.29. The van der Waals surface area contributed by atoms with Gasteiger partial charge in [-0.3, -0.25) is 9.59 Å². The molecule has 0 bridgehead atoms. The molecule has 1 aromatic heterocycles. The van der Waals surface area contributed by atoms with Gasteiger partial charge in [-0.1, -0.05) is 0 Å². The first-order valence-electron chi connectivity index (χ1n) is 7.05. The van der Waals surface area contributed by atoms with Crippen molar-refractivity contribution in [2.75, 3.05) is 26.9 Å². The van der Waals surface area contributed by atoms with Gasteiger partial charge in [0.2, 0.25) is 0 Å². The Morgan fingerprint density at radius 2 is 2.14 bits per heavy atom. The first-order valence-corrected chi connectivity index (χ1v) is 7.05. The van der Waals surface area contributed by atoms with Crippen molar-refractivity contribution in [3.63, 3.8) is 0 Å². The Labute approximate surface area is 128 Å². The predicted molar refractivity (Wildman–Crippen MR) is 81.3 cm³/mol. The number of hydrogen-bond acceptors (Lipinski definition) is 5. The second-order valence-corrected chi connectivity index (χ2v) is 4.63. The third-order valence-corrected chi connectivity index (χ3v) is 3.24. The summed E-state index contributed by atoms with van der Waals surface area (Å²) in [6, 6.07) is 5.37. The van der Waals surface area contributed by atoms with Crippen LogP contribution in [0.15, 0.2) is 24.4 Å². The van der Waals surface area contributed by atoms with Crippen LogP contribution in [0.25, 0.3) is 10.9 Å². The molecule has 22 heavy (non-hydrogen) atoms. The van der Waals surface area contributed by atoms with Crippen LogP contribution in [-0.2, 0) is 20.8 Å². The normalized spacial score (nSPS) is 10.6. The first-order chi connectivity index (χ1) is 10.7. The van der Waals surface area contributed by atoms with E-state index in [-0.39, 0.29) is 19.1 Å². The van der Waals surface area contributed by atoms with Gasteiger partial charge in [-0.15, -0.1) is 0 Å². The van der Waals surface area contributed by atoms with Gasteiger partial charge in [0.05, 0.1) is 13.7 Å². The fourth-order valence-electron chi connectivity index (χ4n) is 2.20.